The maximum absolute atomic E-state index is 11.4. The monoisotopic (exact) mass is 233 g/mol. The Bertz CT molecular complexity index is 341. The van der Waals surface area contributed by atoms with Crippen LogP contribution in [0.5, 0.6) is 0 Å². The third-order valence-corrected chi connectivity index (χ3v) is 5.40. The summed E-state index contributed by atoms with van der Waals surface area (Å²) >= 11 is 0. The van der Waals surface area contributed by atoms with Crippen molar-refractivity contribution in [3.05, 3.63) is 0 Å². The van der Waals surface area contributed by atoms with E-state index in [-0.39, 0.29) is 17.5 Å². The van der Waals surface area contributed by atoms with Gasteiger partial charge >= 0.3 is 0 Å². The Morgan fingerprint density at radius 3 is 2.73 bits per heavy atom. The van der Waals surface area contributed by atoms with Crippen molar-refractivity contribution < 1.29 is 13.5 Å². The topological polar surface area (TPSA) is 66.4 Å². The maximum Gasteiger partial charge on any atom is 0.153 e. The Kier molecular flexibility index (Phi) is 2.81. The van der Waals surface area contributed by atoms with E-state index in [1.165, 1.54) is 0 Å². The summed E-state index contributed by atoms with van der Waals surface area (Å²) in [6.45, 7) is 3.04. The minimum absolute atomic E-state index is 0.0430. The molecule has 88 valence electrons. The van der Waals surface area contributed by atoms with Gasteiger partial charge < -0.3 is 10.4 Å². The standard InChI is InChI=1S/C10H19NO3S/c1-8-2-4-11-9(6-8)10(12)3-5-15(13,14)7-10/h8-9,11-12H,2-7H2,1H3. The fourth-order valence-electron chi connectivity index (χ4n) is 2.65. The molecular weight excluding hydrogens is 214 g/mol. The molecule has 2 N–H and O–H groups in total. The van der Waals surface area contributed by atoms with E-state index in [4.69, 9.17) is 0 Å². The zero-order chi connectivity index (χ0) is 11.1. The van der Waals surface area contributed by atoms with Gasteiger partial charge in [0, 0.05) is 6.04 Å². The van der Waals surface area contributed by atoms with E-state index in [0.717, 1.165) is 19.4 Å². The average Bonchev–Trinajstić information content (AvgIpc) is 2.42. The number of hydrogen-bond acceptors (Lipinski definition) is 4. The molecule has 5 heteroatoms. The van der Waals surface area contributed by atoms with Gasteiger partial charge in [-0.05, 0) is 31.7 Å². The SMILES string of the molecule is CC1CCNC(C2(O)CCS(=O)(=O)C2)C1. The number of hydrogen-bond donors (Lipinski definition) is 2. The van der Waals surface area contributed by atoms with Crippen LogP contribution in [-0.2, 0) is 9.84 Å². The van der Waals surface area contributed by atoms with Crippen LogP contribution >= 0.6 is 0 Å². The number of rotatable bonds is 1. The molecule has 0 aliphatic carbocycles. The first-order valence-electron chi connectivity index (χ1n) is 5.57. The molecule has 0 amide bonds. The van der Waals surface area contributed by atoms with E-state index < -0.39 is 15.4 Å². The van der Waals surface area contributed by atoms with Crippen molar-refractivity contribution in [1.82, 2.24) is 5.32 Å². The summed E-state index contributed by atoms with van der Waals surface area (Å²) in [6.07, 6.45) is 2.38. The van der Waals surface area contributed by atoms with E-state index >= 15 is 0 Å². The van der Waals surface area contributed by atoms with Crippen molar-refractivity contribution in [1.29, 1.82) is 0 Å². The van der Waals surface area contributed by atoms with Crippen molar-refractivity contribution in [3.8, 4) is 0 Å². The van der Waals surface area contributed by atoms with E-state index in [2.05, 4.69) is 12.2 Å². The highest BCUT2D eigenvalue weighted by Crippen LogP contribution is 2.32. The fourth-order valence-corrected chi connectivity index (χ4v) is 4.57. The average molecular weight is 233 g/mol. The Morgan fingerprint density at radius 2 is 2.20 bits per heavy atom. The Morgan fingerprint density at radius 1 is 1.47 bits per heavy atom. The van der Waals surface area contributed by atoms with Crippen LogP contribution in [0.15, 0.2) is 0 Å². The summed E-state index contributed by atoms with van der Waals surface area (Å²) in [7, 11) is -3.01. The molecule has 3 atom stereocenters. The lowest BCUT2D eigenvalue weighted by Crippen LogP contribution is -2.55. The molecule has 2 fully saturated rings. The van der Waals surface area contributed by atoms with E-state index in [0.29, 0.717) is 12.3 Å². The summed E-state index contributed by atoms with van der Waals surface area (Å²) in [5.41, 5.74) is -1.02. The molecule has 2 aliphatic rings. The molecule has 0 spiro atoms. The lowest BCUT2D eigenvalue weighted by Gasteiger charge is -2.37. The van der Waals surface area contributed by atoms with E-state index in [1.807, 2.05) is 0 Å². The molecule has 2 saturated heterocycles. The fraction of sp³-hybridized carbons (Fsp3) is 1.00. The molecule has 0 aromatic rings. The molecule has 3 unspecified atom stereocenters. The van der Waals surface area contributed by atoms with Gasteiger partial charge in [0.2, 0.25) is 0 Å². The molecule has 15 heavy (non-hydrogen) atoms. The van der Waals surface area contributed by atoms with Gasteiger partial charge in [0.25, 0.3) is 0 Å². The second-order valence-corrected chi connectivity index (χ2v) is 7.27. The van der Waals surface area contributed by atoms with Crippen LogP contribution in [-0.4, -0.2) is 43.2 Å². The van der Waals surface area contributed by atoms with Gasteiger partial charge in [0.05, 0.1) is 17.1 Å². The number of sulfone groups is 1. The molecular formula is C10H19NO3S. The first-order chi connectivity index (χ1) is 6.91. The molecule has 2 aliphatic heterocycles. The first kappa shape index (κ1) is 11.4. The molecule has 0 aromatic carbocycles. The molecule has 2 rings (SSSR count). The summed E-state index contributed by atoms with van der Waals surface area (Å²) in [5.74, 6) is 0.643. The molecule has 0 aromatic heterocycles. The third-order valence-electron chi connectivity index (χ3n) is 3.63. The van der Waals surface area contributed by atoms with Crippen molar-refractivity contribution in [2.24, 2.45) is 5.92 Å². The van der Waals surface area contributed by atoms with Crippen LogP contribution in [0.1, 0.15) is 26.2 Å². The number of piperidine rings is 1. The molecule has 0 saturated carbocycles. The molecule has 4 nitrogen and oxygen atoms in total. The largest absolute Gasteiger partial charge is 0.387 e. The zero-order valence-electron chi connectivity index (χ0n) is 9.07. The van der Waals surface area contributed by atoms with Crippen LogP contribution in [0.3, 0.4) is 0 Å². The van der Waals surface area contributed by atoms with Crippen molar-refractivity contribution in [2.75, 3.05) is 18.1 Å². The van der Waals surface area contributed by atoms with Crippen LogP contribution in [0, 0.1) is 5.92 Å². The van der Waals surface area contributed by atoms with Gasteiger partial charge in [-0.3, -0.25) is 0 Å². The van der Waals surface area contributed by atoms with Crippen LogP contribution in [0.2, 0.25) is 0 Å². The lowest BCUT2D eigenvalue weighted by molar-refractivity contribution is 0.00970. The van der Waals surface area contributed by atoms with Gasteiger partial charge in [0.1, 0.15) is 0 Å². The smallest absolute Gasteiger partial charge is 0.153 e. The van der Waals surface area contributed by atoms with Crippen LogP contribution in [0.4, 0.5) is 0 Å². The normalized spacial score (nSPS) is 45.5. The highest BCUT2D eigenvalue weighted by atomic mass is 32.2. The Hall–Kier alpha value is -0.130. The van der Waals surface area contributed by atoms with Gasteiger partial charge in [-0.25, -0.2) is 8.42 Å². The summed E-state index contributed by atoms with van der Waals surface area (Å²) in [6, 6.07) is -0.0430. The van der Waals surface area contributed by atoms with Gasteiger partial charge in [-0.2, -0.15) is 0 Å². The lowest BCUT2D eigenvalue weighted by atomic mass is 9.83. The van der Waals surface area contributed by atoms with Crippen LogP contribution in [0.25, 0.3) is 0 Å². The van der Waals surface area contributed by atoms with Crippen LogP contribution < -0.4 is 5.32 Å². The van der Waals surface area contributed by atoms with Gasteiger partial charge in [-0.15, -0.1) is 0 Å². The van der Waals surface area contributed by atoms with Crippen molar-refractivity contribution in [3.63, 3.8) is 0 Å². The molecule has 0 bridgehead atoms. The molecule has 0 radical (unpaired) electrons. The van der Waals surface area contributed by atoms with Gasteiger partial charge in [-0.1, -0.05) is 6.92 Å². The number of nitrogens with one attached hydrogen (secondary N) is 1. The Balaban J connectivity index is 2.09. The quantitative estimate of drug-likeness (QED) is 0.665. The van der Waals surface area contributed by atoms with E-state index in [1.54, 1.807) is 0 Å². The predicted molar refractivity (Wildman–Crippen MR) is 58.4 cm³/mol. The van der Waals surface area contributed by atoms with Gasteiger partial charge in [0.15, 0.2) is 9.84 Å². The van der Waals surface area contributed by atoms with Crippen molar-refractivity contribution >= 4 is 9.84 Å². The number of aliphatic hydroxyl groups is 1. The molecule has 2 heterocycles. The summed E-state index contributed by atoms with van der Waals surface area (Å²) in [4.78, 5) is 0. The van der Waals surface area contributed by atoms with E-state index in [9.17, 15) is 13.5 Å². The maximum atomic E-state index is 11.4. The Labute approximate surface area is 91.0 Å². The highest BCUT2D eigenvalue weighted by Gasteiger charge is 2.47. The zero-order valence-corrected chi connectivity index (χ0v) is 9.89. The minimum Gasteiger partial charge on any atom is -0.387 e. The minimum atomic E-state index is -3.01. The highest BCUT2D eigenvalue weighted by molar-refractivity contribution is 7.91. The second kappa shape index (κ2) is 3.71. The third kappa shape index (κ3) is 2.34. The summed E-state index contributed by atoms with van der Waals surface area (Å²) in [5, 5.41) is 13.6. The second-order valence-electron chi connectivity index (χ2n) is 5.08. The first-order valence-corrected chi connectivity index (χ1v) is 7.40. The van der Waals surface area contributed by atoms with Crippen molar-refractivity contribution in [2.45, 2.75) is 37.8 Å². The summed E-state index contributed by atoms with van der Waals surface area (Å²) < 4.78 is 22.8. The predicted octanol–water partition coefficient (Wildman–Crippen LogP) is -0.0759.